The number of ketones is 1. The average molecular weight is 257 g/mol. The third-order valence-corrected chi connectivity index (χ3v) is 4.22. The molecule has 4 nitrogen and oxygen atoms in total. The molecule has 0 aliphatic heterocycles. The van der Waals surface area contributed by atoms with Crippen LogP contribution in [0.15, 0.2) is 24.3 Å². The number of nitrogens with two attached hydrogens (primary N) is 1. The van der Waals surface area contributed by atoms with Crippen molar-refractivity contribution >= 4 is 16.8 Å². The van der Waals surface area contributed by atoms with Gasteiger partial charge in [-0.2, -0.15) is 0 Å². The fraction of sp³-hybridized carbons (Fsp3) is 0.467. The Morgan fingerprint density at radius 2 is 2.16 bits per heavy atom. The van der Waals surface area contributed by atoms with Gasteiger partial charge in [0.2, 0.25) is 0 Å². The number of aromatic nitrogens is 2. The van der Waals surface area contributed by atoms with Gasteiger partial charge in [0.25, 0.3) is 0 Å². The number of para-hydroxylation sites is 2. The molecule has 0 amide bonds. The zero-order valence-electron chi connectivity index (χ0n) is 11.4. The highest BCUT2D eigenvalue weighted by Crippen LogP contribution is 2.38. The highest BCUT2D eigenvalue weighted by Gasteiger charge is 2.43. The molecular weight excluding hydrogens is 238 g/mol. The molecular formula is C15H19N3O. The summed E-state index contributed by atoms with van der Waals surface area (Å²) in [5.41, 5.74) is 7.45. The summed E-state index contributed by atoms with van der Waals surface area (Å²) in [7, 11) is 1.95. The second kappa shape index (κ2) is 4.17. The first-order valence-corrected chi connectivity index (χ1v) is 6.72. The normalized spacial score (nSPS) is 18.5. The van der Waals surface area contributed by atoms with Gasteiger partial charge in [-0.3, -0.25) is 4.79 Å². The number of nitrogens with zero attached hydrogens (tertiary/aromatic N) is 2. The molecule has 1 heterocycles. The van der Waals surface area contributed by atoms with Crippen LogP contribution in [0, 0.1) is 5.92 Å². The molecule has 1 unspecified atom stereocenters. The number of rotatable bonds is 4. The summed E-state index contributed by atoms with van der Waals surface area (Å²) in [6.45, 7) is 1.86. The molecule has 4 heteroatoms. The van der Waals surface area contributed by atoms with Crippen molar-refractivity contribution in [3.05, 3.63) is 30.1 Å². The summed E-state index contributed by atoms with van der Waals surface area (Å²) in [5, 5.41) is 0. The molecule has 1 fully saturated rings. The molecule has 1 aromatic carbocycles. The van der Waals surface area contributed by atoms with E-state index in [1.807, 2.05) is 42.8 Å². The second-order valence-electron chi connectivity index (χ2n) is 5.73. The van der Waals surface area contributed by atoms with Gasteiger partial charge in [0.15, 0.2) is 5.78 Å². The maximum Gasteiger partial charge on any atom is 0.160 e. The molecule has 2 aromatic rings. The maximum absolute atomic E-state index is 12.4. The van der Waals surface area contributed by atoms with Crippen molar-refractivity contribution in [3.8, 4) is 0 Å². The van der Waals surface area contributed by atoms with Crippen LogP contribution in [-0.4, -0.2) is 20.9 Å². The van der Waals surface area contributed by atoms with Crippen molar-refractivity contribution in [3.63, 3.8) is 0 Å². The van der Waals surface area contributed by atoms with Gasteiger partial charge in [-0.1, -0.05) is 12.1 Å². The summed E-state index contributed by atoms with van der Waals surface area (Å²) < 4.78 is 1.98. The Labute approximate surface area is 112 Å². The lowest BCUT2D eigenvalue weighted by atomic mass is 9.90. The maximum atomic E-state index is 12.4. The van der Waals surface area contributed by atoms with Crippen LogP contribution in [0.2, 0.25) is 0 Å². The molecule has 1 aliphatic carbocycles. The molecule has 2 N–H and O–H groups in total. The lowest BCUT2D eigenvalue weighted by molar-refractivity contribution is -0.123. The number of imidazole rings is 1. The van der Waals surface area contributed by atoms with Crippen molar-refractivity contribution in [2.45, 2.75) is 31.7 Å². The Kier molecular flexibility index (Phi) is 2.71. The minimum atomic E-state index is -0.696. The molecule has 0 spiro atoms. The second-order valence-corrected chi connectivity index (χ2v) is 5.73. The smallest absolute Gasteiger partial charge is 0.160 e. The van der Waals surface area contributed by atoms with E-state index < -0.39 is 5.54 Å². The molecule has 1 saturated carbocycles. The monoisotopic (exact) mass is 257 g/mol. The molecule has 0 bridgehead atoms. The molecule has 1 atom stereocenters. The van der Waals surface area contributed by atoms with Gasteiger partial charge in [-0.15, -0.1) is 0 Å². The Morgan fingerprint density at radius 3 is 2.79 bits per heavy atom. The van der Waals surface area contributed by atoms with E-state index in [1.54, 1.807) is 0 Å². The Morgan fingerprint density at radius 1 is 1.47 bits per heavy atom. The first-order valence-electron chi connectivity index (χ1n) is 6.72. The molecule has 3 rings (SSSR count). The van der Waals surface area contributed by atoms with Gasteiger partial charge in [0.05, 0.1) is 23.0 Å². The minimum absolute atomic E-state index is 0.0911. The first kappa shape index (κ1) is 12.4. The fourth-order valence-corrected chi connectivity index (χ4v) is 2.60. The van der Waals surface area contributed by atoms with Crippen LogP contribution in [0.25, 0.3) is 11.0 Å². The highest BCUT2D eigenvalue weighted by molar-refractivity contribution is 5.90. The topological polar surface area (TPSA) is 60.9 Å². The molecule has 1 aromatic heterocycles. The average Bonchev–Trinajstić information content (AvgIpc) is 3.18. The zero-order valence-corrected chi connectivity index (χ0v) is 11.4. The van der Waals surface area contributed by atoms with Gasteiger partial charge < -0.3 is 10.3 Å². The summed E-state index contributed by atoms with van der Waals surface area (Å²) in [4.78, 5) is 16.9. The van der Waals surface area contributed by atoms with Gasteiger partial charge in [0.1, 0.15) is 5.82 Å². The Hall–Kier alpha value is -1.68. The van der Waals surface area contributed by atoms with E-state index in [9.17, 15) is 4.79 Å². The van der Waals surface area contributed by atoms with Crippen molar-refractivity contribution in [2.24, 2.45) is 18.7 Å². The summed E-state index contributed by atoms with van der Waals surface area (Å²) in [6.07, 6.45) is 2.46. The van der Waals surface area contributed by atoms with Crippen LogP contribution in [0.3, 0.4) is 0 Å². The van der Waals surface area contributed by atoms with Crippen LogP contribution in [0.1, 0.15) is 25.6 Å². The van der Waals surface area contributed by atoms with Gasteiger partial charge in [-0.05, 0) is 37.8 Å². The lowest BCUT2D eigenvalue weighted by Crippen LogP contribution is -2.48. The first-order chi connectivity index (χ1) is 9.00. The van der Waals surface area contributed by atoms with Crippen LogP contribution < -0.4 is 5.73 Å². The quantitative estimate of drug-likeness (QED) is 0.908. The summed E-state index contributed by atoms with van der Waals surface area (Å²) >= 11 is 0. The molecule has 1 aliphatic rings. The van der Waals surface area contributed by atoms with Crippen LogP contribution >= 0.6 is 0 Å². The van der Waals surface area contributed by atoms with Crippen LogP contribution in [-0.2, 0) is 18.3 Å². The Bertz CT molecular complexity index is 638. The highest BCUT2D eigenvalue weighted by atomic mass is 16.1. The minimum Gasteiger partial charge on any atom is -0.331 e. The SMILES string of the molecule is Cn1c(CC(=O)C(C)(N)C2CC2)nc2ccccc21. The summed E-state index contributed by atoms with van der Waals surface area (Å²) in [6, 6.07) is 7.91. The van der Waals surface area contributed by atoms with Gasteiger partial charge in [-0.25, -0.2) is 4.98 Å². The predicted octanol–water partition coefficient (Wildman–Crippen LogP) is 1.81. The number of aryl methyl sites for hydroxylation is 1. The fourth-order valence-electron chi connectivity index (χ4n) is 2.60. The molecule has 19 heavy (non-hydrogen) atoms. The van der Waals surface area contributed by atoms with Crippen molar-refractivity contribution in [1.82, 2.24) is 9.55 Å². The number of Topliss-reactive ketones (excluding diaryl/α,β-unsaturated/α-hetero) is 1. The van der Waals surface area contributed by atoms with Crippen LogP contribution in [0.4, 0.5) is 0 Å². The van der Waals surface area contributed by atoms with E-state index in [-0.39, 0.29) is 5.78 Å². The Balaban J connectivity index is 1.89. The van der Waals surface area contributed by atoms with E-state index in [4.69, 9.17) is 5.73 Å². The van der Waals surface area contributed by atoms with E-state index in [2.05, 4.69) is 4.98 Å². The lowest BCUT2D eigenvalue weighted by Gasteiger charge is -2.22. The van der Waals surface area contributed by atoms with E-state index in [1.165, 1.54) is 0 Å². The third-order valence-electron chi connectivity index (χ3n) is 4.22. The van der Waals surface area contributed by atoms with E-state index in [0.717, 1.165) is 29.7 Å². The molecule has 0 radical (unpaired) electrons. The number of fused-ring (bicyclic) bond motifs is 1. The van der Waals surface area contributed by atoms with Gasteiger partial charge >= 0.3 is 0 Å². The number of carbonyl (C=O) groups excluding carboxylic acids is 1. The summed E-state index contributed by atoms with van der Waals surface area (Å²) in [5.74, 6) is 1.24. The van der Waals surface area contributed by atoms with Gasteiger partial charge in [0, 0.05) is 7.05 Å². The molecule has 0 saturated heterocycles. The zero-order chi connectivity index (χ0) is 13.6. The molecule has 100 valence electrons. The standard InChI is InChI=1S/C15H19N3O/c1-15(16,10-7-8-10)13(19)9-14-17-11-5-3-4-6-12(11)18(14)2/h3-6,10H,7-9,16H2,1-2H3. The third kappa shape index (κ3) is 2.06. The number of benzene rings is 1. The largest absolute Gasteiger partial charge is 0.331 e. The van der Waals surface area contributed by atoms with Crippen molar-refractivity contribution < 1.29 is 4.79 Å². The van der Waals surface area contributed by atoms with Crippen molar-refractivity contribution in [1.29, 1.82) is 0 Å². The number of carbonyl (C=O) groups is 1. The number of hydrogen-bond donors (Lipinski definition) is 1. The van der Waals surface area contributed by atoms with Crippen molar-refractivity contribution in [2.75, 3.05) is 0 Å². The van der Waals surface area contributed by atoms with E-state index >= 15 is 0 Å². The van der Waals surface area contributed by atoms with Crippen LogP contribution in [0.5, 0.6) is 0 Å². The number of hydrogen-bond acceptors (Lipinski definition) is 3. The van der Waals surface area contributed by atoms with E-state index in [0.29, 0.717) is 12.3 Å². The predicted molar refractivity (Wildman–Crippen MR) is 74.7 cm³/mol.